The Balaban J connectivity index is 1.92. The van der Waals surface area contributed by atoms with Gasteiger partial charge in [0.05, 0.1) is 28.0 Å². The van der Waals surface area contributed by atoms with Gasteiger partial charge in [-0.1, -0.05) is 77.8 Å². The molecule has 34 heavy (non-hydrogen) atoms. The van der Waals surface area contributed by atoms with Crippen molar-refractivity contribution in [3.05, 3.63) is 106 Å². The van der Waals surface area contributed by atoms with Crippen LogP contribution in [-0.2, 0) is 0 Å². The maximum atomic E-state index is 13.6. The van der Waals surface area contributed by atoms with Crippen LogP contribution in [0, 0.1) is 0 Å². The number of nitrogens with zero attached hydrogens (tertiary/aromatic N) is 3. The molecular weight excluding hydrogens is 471 g/mol. The Morgan fingerprint density at radius 1 is 0.941 bits per heavy atom. The van der Waals surface area contributed by atoms with E-state index in [0.717, 1.165) is 5.56 Å². The summed E-state index contributed by atoms with van der Waals surface area (Å²) in [6.07, 6.45) is 0. The van der Waals surface area contributed by atoms with Gasteiger partial charge in [0.25, 0.3) is 11.8 Å². The molecule has 0 bridgehead atoms. The monoisotopic (exact) mass is 492 g/mol. The SMILES string of the molecule is CC(c1ccccc1)N(C)C(=O)c1nn(-c2ccccc2Cl)c(-c2ccc(Cl)cc2)c1C(N)=O. The molecule has 3 aromatic carbocycles. The summed E-state index contributed by atoms with van der Waals surface area (Å²) in [6.45, 7) is 1.91. The molecule has 8 heteroatoms. The zero-order valence-corrected chi connectivity index (χ0v) is 20.1. The smallest absolute Gasteiger partial charge is 0.275 e. The van der Waals surface area contributed by atoms with Gasteiger partial charge >= 0.3 is 0 Å². The van der Waals surface area contributed by atoms with Crippen molar-refractivity contribution < 1.29 is 9.59 Å². The number of carbonyl (C=O) groups is 2. The first-order chi connectivity index (χ1) is 16.3. The summed E-state index contributed by atoms with van der Waals surface area (Å²) in [5.74, 6) is -1.21. The van der Waals surface area contributed by atoms with Gasteiger partial charge in [0.2, 0.25) is 0 Å². The zero-order chi connectivity index (χ0) is 24.4. The van der Waals surface area contributed by atoms with Crippen molar-refractivity contribution in [3.8, 4) is 16.9 Å². The van der Waals surface area contributed by atoms with E-state index in [0.29, 0.717) is 27.0 Å². The number of halogens is 2. The first-order valence-electron chi connectivity index (χ1n) is 10.6. The fraction of sp³-hybridized carbons (Fsp3) is 0.115. The van der Waals surface area contributed by atoms with Gasteiger partial charge < -0.3 is 10.6 Å². The first-order valence-corrected chi connectivity index (χ1v) is 11.3. The van der Waals surface area contributed by atoms with Gasteiger partial charge in [-0.15, -0.1) is 0 Å². The average Bonchev–Trinajstić information content (AvgIpc) is 3.24. The van der Waals surface area contributed by atoms with Gasteiger partial charge in [-0.3, -0.25) is 9.59 Å². The number of hydrogen-bond acceptors (Lipinski definition) is 3. The third-order valence-corrected chi connectivity index (χ3v) is 6.29. The van der Waals surface area contributed by atoms with E-state index in [1.807, 2.05) is 37.3 Å². The Morgan fingerprint density at radius 3 is 2.18 bits per heavy atom. The highest BCUT2D eigenvalue weighted by atomic mass is 35.5. The van der Waals surface area contributed by atoms with Crippen LogP contribution in [0.25, 0.3) is 16.9 Å². The summed E-state index contributed by atoms with van der Waals surface area (Å²) in [5, 5.41) is 5.50. The highest BCUT2D eigenvalue weighted by Gasteiger charge is 2.31. The van der Waals surface area contributed by atoms with E-state index in [9.17, 15) is 9.59 Å². The van der Waals surface area contributed by atoms with Gasteiger partial charge in [-0.05, 0) is 36.8 Å². The fourth-order valence-corrected chi connectivity index (χ4v) is 4.11. The van der Waals surface area contributed by atoms with Crippen LogP contribution in [0.2, 0.25) is 10.0 Å². The molecule has 172 valence electrons. The Kier molecular flexibility index (Phi) is 6.72. The highest BCUT2D eigenvalue weighted by Crippen LogP contribution is 2.33. The fourth-order valence-electron chi connectivity index (χ4n) is 3.77. The number of benzene rings is 3. The van der Waals surface area contributed by atoms with E-state index in [1.54, 1.807) is 55.6 Å². The minimum atomic E-state index is -0.771. The summed E-state index contributed by atoms with van der Waals surface area (Å²) in [5.41, 5.74) is 8.21. The predicted octanol–water partition coefficient (Wildman–Crippen LogP) is 5.78. The van der Waals surface area contributed by atoms with Crippen molar-refractivity contribution >= 4 is 35.0 Å². The Morgan fingerprint density at radius 2 is 1.56 bits per heavy atom. The second-order valence-corrected chi connectivity index (χ2v) is 8.65. The van der Waals surface area contributed by atoms with Gasteiger partial charge in [0.1, 0.15) is 0 Å². The number of carbonyl (C=O) groups excluding carboxylic acids is 2. The van der Waals surface area contributed by atoms with Crippen LogP contribution in [0.3, 0.4) is 0 Å². The van der Waals surface area contributed by atoms with Crippen LogP contribution in [0.15, 0.2) is 78.9 Å². The Hall–Kier alpha value is -3.61. The molecule has 4 aromatic rings. The second-order valence-electron chi connectivity index (χ2n) is 7.81. The molecule has 0 radical (unpaired) electrons. The summed E-state index contributed by atoms with van der Waals surface area (Å²) >= 11 is 12.5. The van der Waals surface area contributed by atoms with Gasteiger partial charge in [0.15, 0.2) is 5.69 Å². The number of primary amides is 1. The van der Waals surface area contributed by atoms with E-state index in [1.165, 1.54) is 9.58 Å². The minimum absolute atomic E-state index is 0.0133. The van der Waals surface area contributed by atoms with E-state index in [2.05, 4.69) is 5.10 Å². The molecule has 0 aliphatic heterocycles. The molecule has 0 aliphatic carbocycles. The second kappa shape index (κ2) is 9.71. The third-order valence-electron chi connectivity index (χ3n) is 5.72. The summed E-state index contributed by atoms with van der Waals surface area (Å²) in [7, 11) is 1.67. The Bertz CT molecular complexity index is 1350. The normalized spacial score (nSPS) is 11.8. The van der Waals surface area contributed by atoms with Gasteiger partial charge in [0, 0.05) is 17.6 Å². The van der Waals surface area contributed by atoms with Crippen LogP contribution >= 0.6 is 23.2 Å². The Labute approximate surface area is 207 Å². The topological polar surface area (TPSA) is 81.2 Å². The maximum Gasteiger partial charge on any atom is 0.275 e. The van der Waals surface area contributed by atoms with Crippen LogP contribution < -0.4 is 5.73 Å². The minimum Gasteiger partial charge on any atom is -0.365 e. The lowest BCUT2D eigenvalue weighted by atomic mass is 10.0. The molecule has 0 fully saturated rings. The van der Waals surface area contributed by atoms with Gasteiger partial charge in [-0.2, -0.15) is 5.10 Å². The maximum absolute atomic E-state index is 13.6. The molecule has 1 atom stereocenters. The number of rotatable bonds is 6. The van der Waals surface area contributed by atoms with Crippen LogP contribution in [-0.4, -0.2) is 33.5 Å². The lowest BCUT2D eigenvalue weighted by molar-refractivity contribution is 0.0731. The van der Waals surface area contributed by atoms with Crippen LogP contribution in [0.4, 0.5) is 0 Å². The average molecular weight is 493 g/mol. The molecule has 0 aliphatic rings. The van der Waals surface area contributed by atoms with Crippen molar-refractivity contribution in [2.75, 3.05) is 7.05 Å². The molecule has 1 heterocycles. The number of para-hydroxylation sites is 1. The van der Waals surface area contributed by atoms with Crippen molar-refractivity contribution in [2.24, 2.45) is 5.73 Å². The largest absolute Gasteiger partial charge is 0.365 e. The number of nitrogens with two attached hydrogens (primary N) is 1. The van der Waals surface area contributed by atoms with E-state index >= 15 is 0 Å². The molecular formula is C26H22Cl2N4O2. The summed E-state index contributed by atoms with van der Waals surface area (Å²) in [6, 6.07) is 23.2. The molecule has 2 N–H and O–H groups in total. The third kappa shape index (κ3) is 4.42. The van der Waals surface area contributed by atoms with E-state index in [4.69, 9.17) is 28.9 Å². The molecule has 1 aromatic heterocycles. The molecule has 0 saturated heterocycles. The van der Waals surface area contributed by atoms with Crippen LogP contribution in [0.1, 0.15) is 39.4 Å². The molecule has 0 spiro atoms. The van der Waals surface area contributed by atoms with Crippen molar-refractivity contribution in [1.29, 1.82) is 0 Å². The van der Waals surface area contributed by atoms with E-state index in [-0.39, 0.29) is 17.3 Å². The molecule has 4 rings (SSSR count). The lowest BCUT2D eigenvalue weighted by Crippen LogP contribution is -2.31. The number of amides is 2. The highest BCUT2D eigenvalue weighted by molar-refractivity contribution is 6.32. The zero-order valence-electron chi connectivity index (χ0n) is 18.6. The van der Waals surface area contributed by atoms with Crippen LogP contribution in [0.5, 0.6) is 0 Å². The number of hydrogen-bond donors (Lipinski definition) is 1. The number of aromatic nitrogens is 2. The standard InChI is InChI=1S/C26H22Cl2N4O2/c1-16(17-8-4-3-5-9-17)31(2)26(34)23-22(25(29)33)24(18-12-14-19(27)15-13-18)32(30-23)21-11-7-6-10-20(21)28/h3-16H,1-2H3,(H2,29,33). The molecule has 0 saturated carbocycles. The lowest BCUT2D eigenvalue weighted by Gasteiger charge is -2.24. The molecule has 2 amide bonds. The predicted molar refractivity (Wildman–Crippen MR) is 134 cm³/mol. The summed E-state index contributed by atoms with van der Waals surface area (Å²) < 4.78 is 1.49. The molecule has 6 nitrogen and oxygen atoms in total. The van der Waals surface area contributed by atoms with E-state index < -0.39 is 11.8 Å². The summed E-state index contributed by atoms with van der Waals surface area (Å²) in [4.78, 5) is 27.9. The van der Waals surface area contributed by atoms with Crippen molar-refractivity contribution in [2.45, 2.75) is 13.0 Å². The first kappa shape index (κ1) is 23.5. The molecule has 1 unspecified atom stereocenters. The quantitative estimate of drug-likeness (QED) is 0.370. The van der Waals surface area contributed by atoms with Gasteiger partial charge in [-0.25, -0.2) is 4.68 Å². The van der Waals surface area contributed by atoms with Crippen molar-refractivity contribution in [3.63, 3.8) is 0 Å². The van der Waals surface area contributed by atoms with Crippen molar-refractivity contribution in [1.82, 2.24) is 14.7 Å².